The van der Waals surface area contributed by atoms with Gasteiger partial charge in [0, 0.05) is 35.0 Å². The molecule has 0 aliphatic carbocycles. The largest absolute Gasteiger partial charge is 0.513 e. The number of hydrogen-bond donors (Lipinski definition) is 1. The summed E-state index contributed by atoms with van der Waals surface area (Å²) in [4.78, 5) is 23.8. The highest BCUT2D eigenvalue weighted by atomic mass is 32.1. The number of aromatic nitrogens is 3. The predicted molar refractivity (Wildman–Crippen MR) is 119 cm³/mol. The number of pyridine rings is 1. The van der Waals surface area contributed by atoms with Crippen LogP contribution in [0.2, 0.25) is 0 Å². The summed E-state index contributed by atoms with van der Waals surface area (Å²) in [6.07, 6.45) is 5.50. The maximum atomic E-state index is 11.7. The van der Waals surface area contributed by atoms with E-state index in [2.05, 4.69) is 15.0 Å². The Bertz CT molecular complexity index is 1220. The molecule has 3 aromatic heterocycles. The van der Waals surface area contributed by atoms with Gasteiger partial charge in [0.25, 0.3) is 0 Å². The molecule has 0 unspecified atom stereocenters. The molecule has 9 nitrogen and oxygen atoms in total. The molecule has 0 saturated carbocycles. The SMILES string of the molecule is CCOC(=O)Oc1cnc(N)c2c(COc3cccc(OCc4cncnc4)c3)csc12. The standard InChI is InChI=1S/C22H20N4O5S/c1-2-28-22(27)31-18-9-26-21(23)19-15(12-32-20(18)19)11-30-17-5-3-4-16(6-17)29-10-14-7-24-13-25-8-14/h3-9,12-13H,2,10-11H2,1H3,(H2,23,26). The van der Waals surface area contributed by atoms with Crippen LogP contribution in [0.3, 0.4) is 0 Å². The van der Waals surface area contributed by atoms with Crippen LogP contribution in [0.4, 0.5) is 10.6 Å². The van der Waals surface area contributed by atoms with Crippen molar-refractivity contribution < 1.29 is 23.7 Å². The van der Waals surface area contributed by atoms with E-state index < -0.39 is 6.16 Å². The number of anilines is 1. The molecule has 4 rings (SSSR count). The van der Waals surface area contributed by atoms with E-state index in [4.69, 9.17) is 24.7 Å². The minimum absolute atomic E-state index is 0.218. The third-order valence-corrected chi connectivity index (χ3v) is 5.39. The van der Waals surface area contributed by atoms with Crippen molar-refractivity contribution in [3.8, 4) is 17.2 Å². The molecule has 0 aliphatic heterocycles. The lowest BCUT2D eigenvalue weighted by atomic mass is 10.2. The monoisotopic (exact) mass is 452 g/mol. The minimum Gasteiger partial charge on any atom is -0.489 e. The highest BCUT2D eigenvalue weighted by Gasteiger charge is 2.17. The Hall–Kier alpha value is -3.92. The van der Waals surface area contributed by atoms with Crippen LogP contribution in [0.15, 0.2) is 54.6 Å². The molecule has 0 atom stereocenters. The lowest BCUT2D eigenvalue weighted by Crippen LogP contribution is -2.10. The highest BCUT2D eigenvalue weighted by molar-refractivity contribution is 7.17. The van der Waals surface area contributed by atoms with Crippen LogP contribution < -0.4 is 19.9 Å². The Kier molecular flexibility index (Phi) is 6.61. The van der Waals surface area contributed by atoms with E-state index in [-0.39, 0.29) is 13.2 Å². The van der Waals surface area contributed by atoms with Gasteiger partial charge in [-0.15, -0.1) is 11.3 Å². The third kappa shape index (κ3) is 5.03. The first-order chi connectivity index (χ1) is 15.6. The summed E-state index contributed by atoms with van der Waals surface area (Å²) in [5.41, 5.74) is 7.78. The highest BCUT2D eigenvalue weighted by Crippen LogP contribution is 2.37. The van der Waals surface area contributed by atoms with Crippen molar-refractivity contribution in [1.82, 2.24) is 15.0 Å². The second kappa shape index (κ2) is 9.92. The number of nitrogens with two attached hydrogens (primary N) is 1. The first-order valence-corrected chi connectivity index (χ1v) is 10.6. The van der Waals surface area contributed by atoms with E-state index >= 15 is 0 Å². The molecule has 0 amide bonds. The molecule has 4 aromatic rings. The van der Waals surface area contributed by atoms with Crippen molar-refractivity contribution in [2.24, 2.45) is 0 Å². The second-order valence-electron chi connectivity index (χ2n) is 6.56. The molecular formula is C22H20N4O5S. The number of nitrogens with zero attached hydrogens (tertiary/aromatic N) is 3. The van der Waals surface area contributed by atoms with Gasteiger partial charge in [-0.1, -0.05) is 6.07 Å². The number of benzene rings is 1. The molecule has 1 aromatic carbocycles. The van der Waals surface area contributed by atoms with Crippen molar-refractivity contribution in [2.75, 3.05) is 12.3 Å². The predicted octanol–water partition coefficient (Wildman–Crippen LogP) is 4.36. The van der Waals surface area contributed by atoms with Crippen LogP contribution in [-0.2, 0) is 18.0 Å². The summed E-state index contributed by atoms with van der Waals surface area (Å²) < 4.78 is 22.5. The van der Waals surface area contributed by atoms with Crippen molar-refractivity contribution in [3.05, 3.63) is 65.7 Å². The van der Waals surface area contributed by atoms with Crippen molar-refractivity contribution in [2.45, 2.75) is 20.1 Å². The Morgan fingerprint density at radius 3 is 2.59 bits per heavy atom. The fourth-order valence-electron chi connectivity index (χ4n) is 2.91. The molecule has 0 bridgehead atoms. The molecule has 2 N–H and O–H groups in total. The fraction of sp³-hybridized carbons (Fsp3) is 0.182. The summed E-state index contributed by atoms with van der Waals surface area (Å²) in [5.74, 6) is 1.92. The van der Waals surface area contributed by atoms with E-state index in [1.165, 1.54) is 23.9 Å². The molecule has 0 radical (unpaired) electrons. The Labute approximate surface area is 187 Å². The number of fused-ring (bicyclic) bond motifs is 1. The molecule has 3 heterocycles. The molecule has 0 spiro atoms. The fourth-order valence-corrected chi connectivity index (χ4v) is 3.92. The number of hydrogen-bond acceptors (Lipinski definition) is 10. The molecule has 10 heteroatoms. The summed E-state index contributed by atoms with van der Waals surface area (Å²) >= 11 is 1.39. The van der Waals surface area contributed by atoms with Crippen LogP contribution in [0.1, 0.15) is 18.1 Å². The Morgan fingerprint density at radius 1 is 1.09 bits per heavy atom. The molecule has 32 heavy (non-hydrogen) atoms. The summed E-state index contributed by atoms with van der Waals surface area (Å²) in [6.45, 7) is 2.53. The zero-order valence-corrected chi connectivity index (χ0v) is 18.0. The molecule has 0 fully saturated rings. The number of ether oxygens (including phenoxy) is 4. The number of carbonyl (C=O) groups is 1. The van der Waals surface area contributed by atoms with Gasteiger partial charge in [0.05, 0.1) is 17.5 Å². The van der Waals surface area contributed by atoms with Crippen molar-refractivity contribution >= 4 is 33.4 Å². The van der Waals surface area contributed by atoms with Gasteiger partial charge in [0.2, 0.25) is 0 Å². The molecular weight excluding hydrogens is 432 g/mol. The van der Waals surface area contributed by atoms with E-state index in [1.54, 1.807) is 25.4 Å². The minimum atomic E-state index is -0.787. The second-order valence-corrected chi connectivity index (χ2v) is 7.44. The zero-order valence-electron chi connectivity index (χ0n) is 17.2. The van der Waals surface area contributed by atoms with Gasteiger partial charge in [-0.3, -0.25) is 0 Å². The summed E-state index contributed by atoms with van der Waals surface area (Å²) in [7, 11) is 0. The Morgan fingerprint density at radius 2 is 1.84 bits per heavy atom. The van der Waals surface area contributed by atoms with Gasteiger partial charge in [0.15, 0.2) is 5.75 Å². The average Bonchev–Trinajstić information content (AvgIpc) is 3.25. The lowest BCUT2D eigenvalue weighted by molar-refractivity contribution is 0.105. The van der Waals surface area contributed by atoms with Crippen LogP contribution >= 0.6 is 11.3 Å². The van der Waals surface area contributed by atoms with E-state index in [0.717, 1.165) is 11.1 Å². The normalized spacial score (nSPS) is 10.7. The lowest BCUT2D eigenvalue weighted by Gasteiger charge is -2.10. The first kappa shape index (κ1) is 21.3. The van der Waals surface area contributed by atoms with Gasteiger partial charge < -0.3 is 24.7 Å². The van der Waals surface area contributed by atoms with Crippen LogP contribution in [0.25, 0.3) is 10.1 Å². The van der Waals surface area contributed by atoms with Gasteiger partial charge >= 0.3 is 6.16 Å². The first-order valence-electron chi connectivity index (χ1n) is 9.72. The summed E-state index contributed by atoms with van der Waals surface area (Å²) in [6, 6.07) is 7.33. The van der Waals surface area contributed by atoms with E-state index in [0.29, 0.717) is 39.8 Å². The van der Waals surface area contributed by atoms with E-state index in [9.17, 15) is 4.79 Å². The van der Waals surface area contributed by atoms with Crippen molar-refractivity contribution in [3.63, 3.8) is 0 Å². The van der Waals surface area contributed by atoms with E-state index in [1.807, 2.05) is 23.6 Å². The molecule has 0 saturated heterocycles. The van der Waals surface area contributed by atoms with Crippen LogP contribution in [0, 0.1) is 0 Å². The average molecular weight is 452 g/mol. The number of rotatable bonds is 8. The smallest absolute Gasteiger partial charge is 0.489 e. The van der Waals surface area contributed by atoms with Gasteiger partial charge in [-0.05, 0) is 24.4 Å². The number of thiophene rings is 1. The van der Waals surface area contributed by atoms with Gasteiger partial charge in [-0.2, -0.15) is 0 Å². The van der Waals surface area contributed by atoms with Crippen LogP contribution in [-0.4, -0.2) is 27.7 Å². The van der Waals surface area contributed by atoms with Gasteiger partial charge in [0.1, 0.15) is 36.9 Å². The van der Waals surface area contributed by atoms with Crippen molar-refractivity contribution in [1.29, 1.82) is 0 Å². The number of carbonyl (C=O) groups excluding carboxylic acids is 1. The quantitative estimate of drug-likeness (QED) is 0.389. The maximum Gasteiger partial charge on any atom is 0.513 e. The Balaban J connectivity index is 1.46. The topological polar surface area (TPSA) is 119 Å². The third-order valence-electron chi connectivity index (χ3n) is 4.34. The number of nitrogen functional groups attached to an aromatic ring is 1. The summed E-state index contributed by atoms with van der Waals surface area (Å²) in [5, 5.41) is 2.59. The molecule has 164 valence electrons. The van der Waals surface area contributed by atoms with Crippen LogP contribution in [0.5, 0.6) is 17.2 Å². The van der Waals surface area contributed by atoms with Gasteiger partial charge in [-0.25, -0.2) is 19.7 Å². The zero-order chi connectivity index (χ0) is 22.3. The molecule has 0 aliphatic rings. The maximum absolute atomic E-state index is 11.7.